The summed E-state index contributed by atoms with van der Waals surface area (Å²) in [7, 11) is 1.73. The first kappa shape index (κ1) is 9.53. The highest BCUT2D eigenvalue weighted by molar-refractivity contribution is 5.39. The minimum absolute atomic E-state index is 0.647. The van der Waals surface area contributed by atoms with Gasteiger partial charge in [0.05, 0.1) is 7.11 Å². The molecule has 1 heterocycles. The predicted octanol–water partition coefficient (Wildman–Crippen LogP) is 2.29. The number of rotatable bonds is 2. The van der Waals surface area contributed by atoms with Crippen LogP contribution in [0.5, 0.6) is 5.75 Å². The summed E-state index contributed by atoms with van der Waals surface area (Å²) in [5.41, 5.74) is 2.88. The minimum atomic E-state index is 0.647. The molecule has 1 aromatic rings. The van der Waals surface area contributed by atoms with E-state index in [4.69, 9.17) is 4.74 Å². The lowest BCUT2D eigenvalue weighted by molar-refractivity contribution is 0.412. The topological polar surface area (TPSA) is 21.3 Å². The van der Waals surface area contributed by atoms with Crippen LogP contribution in [0.1, 0.15) is 30.4 Å². The van der Waals surface area contributed by atoms with Gasteiger partial charge in [0.25, 0.3) is 0 Å². The van der Waals surface area contributed by atoms with E-state index in [0.717, 1.165) is 18.8 Å². The molecule has 1 aliphatic rings. The Morgan fingerprint density at radius 3 is 3.07 bits per heavy atom. The van der Waals surface area contributed by atoms with Crippen molar-refractivity contribution < 1.29 is 4.74 Å². The van der Waals surface area contributed by atoms with E-state index >= 15 is 0 Å². The van der Waals surface area contributed by atoms with Crippen LogP contribution in [0.15, 0.2) is 18.2 Å². The molecule has 0 saturated heterocycles. The van der Waals surface area contributed by atoms with Gasteiger partial charge in [-0.3, -0.25) is 0 Å². The van der Waals surface area contributed by atoms with Gasteiger partial charge in [0, 0.05) is 13.1 Å². The Balaban J connectivity index is 2.38. The SMILES string of the molecule is CC[C@H]1CNCc2ccc(OC)cc21. The Morgan fingerprint density at radius 2 is 2.36 bits per heavy atom. The van der Waals surface area contributed by atoms with Gasteiger partial charge >= 0.3 is 0 Å². The van der Waals surface area contributed by atoms with Crippen LogP contribution in [-0.4, -0.2) is 13.7 Å². The molecule has 1 aliphatic heterocycles. The van der Waals surface area contributed by atoms with Crippen LogP contribution in [0, 0.1) is 0 Å². The molecule has 0 amide bonds. The number of nitrogens with one attached hydrogen (secondary N) is 1. The Bertz CT molecular complexity index is 322. The van der Waals surface area contributed by atoms with Crippen molar-refractivity contribution >= 4 is 0 Å². The molecule has 1 atom stereocenters. The maximum Gasteiger partial charge on any atom is 0.119 e. The zero-order valence-corrected chi connectivity index (χ0v) is 8.84. The van der Waals surface area contributed by atoms with Gasteiger partial charge in [-0.05, 0) is 35.6 Å². The Labute approximate surface area is 85.3 Å². The second-order valence-electron chi connectivity index (χ2n) is 3.80. The normalized spacial score (nSPS) is 20.3. The van der Waals surface area contributed by atoms with Crippen LogP contribution in [0.25, 0.3) is 0 Å². The second-order valence-corrected chi connectivity index (χ2v) is 3.80. The Kier molecular flexibility index (Phi) is 2.73. The summed E-state index contributed by atoms with van der Waals surface area (Å²) >= 11 is 0. The van der Waals surface area contributed by atoms with Crippen molar-refractivity contribution in [3.8, 4) is 5.75 Å². The van der Waals surface area contributed by atoms with Crippen molar-refractivity contribution in [2.45, 2.75) is 25.8 Å². The van der Waals surface area contributed by atoms with E-state index in [1.54, 1.807) is 7.11 Å². The molecule has 0 fully saturated rings. The highest BCUT2D eigenvalue weighted by Crippen LogP contribution is 2.29. The van der Waals surface area contributed by atoms with E-state index in [9.17, 15) is 0 Å². The highest BCUT2D eigenvalue weighted by Gasteiger charge is 2.18. The maximum atomic E-state index is 5.25. The lowest BCUT2D eigenvalue weighted by Crippen LogP contribution is -2.27. The first-order valence-electron chi connectivity index (χ1n) is 5.22. The largest absolute Gasteiger partial charge is 0.497 e. The summed E-state index contributed by atoms with van der Waals surface area (Å²) in [6.07, 6.45) is 1.19. The van der Waals surface area contributed by atoms with E-state index in [0.29, 0.717) is 5.92 Å². The Morgan fingerprint density at radius 1 is 1.50 bits per heavy atom. The monoisotopic (exact) mass is 191 g/mol. The van der Waals surface area contributed by atoms with Crippen molar-refractivity contribution in [1.82, 2.24) is 5.32 Å². The van der Waals surface area contributed by atoms with Gasteiger partial charge in [0.15, 0.2) is 0 Å². The quantitative estimate of drug-likeness (QED) is 0.774. The van der Waals surface area contributed by atoms with E-state index in [2.05, 4.69) is 24.4 Å². The van der Waals surface area contributed by atoms with Crippen molar-refractivity contribution in [3.63, 3.8) is 0 Å². The molecule has 0 radical (unpaired) electrons. The van der Waals surface area contributed by atoms with E-state index in [-0.39, 0.29) is 0 Å². The highest BCUT2D eigenvalue weighted by atomic mass is 16.5. The number of ether oxygens (including phenoxy) is 1. The minimum Gasteiger partial charge on any atom is -0.497 e. The fourth-order valence-corrected chi connectivity index (χ4v) is 2.10. The average molecular weight is 191 g/mol. The summed E-state index contributed by atoms with van der Waals surface area (Å²) in [6.45, 7) is 4.33. The standard InChI is InChI=1S/C12H17NO/c1-3-9-7-13-8-10-4-5-11(14-2)6-12(9)10/h4-6,9,13H,3,7-8H2,1-2H3/t9-/m0/s1. The molecule has 1 aromatic carbocycles. The average Bonchev–Trinajstić information content (AvgIpc) is 2.27. The van der Waals surface area contributed by atoms with Gasteiger partial charge in [-0.2, -0.15) is 0 Å². The first-order chi connectivity index (χ1) is 6.85. The molecular weight excluding hydrogens is 174 g/mol. The van der Waals surface area contributed by atoms with Gasteiger partial charge in [-0.15, -0.1) is 0 Å². The van der Waals surface area contributed by atoms with Crippen molar-refractivity contribution in [3.05, 3.63) is 29.3 Å². The van der Waals surface area contributed by atoms with Gasteiger partial charge in [-0.25, -0.2) is 0 Å². The van der Waals surface area contributed by atoms with Crippen molar-refractivity contribution in [2.24, 2.45) is 0 Å². The van der Waals surface area contributed by atoms with E-state index in [1.807, 2.05) is 6.07 Å². The molecule has 2 heteroatoms. The zero-order valence-electron chi connectivity index (χ0n) is 8.84. The molecule has 76 valence electrons. The van der Waals surface area contributed by atoms with Crippen LogP contribution < -0.4 is 10.1 Å². The summed E-state index contributed by atoms with van der Waals surface area (Å²) in [5, 5.41) is 3.44. The number of benzene rings is 1. The summed E-state index contributed by atoms with van der Waals surface area (Å²) in [6, 6.07) is 6.39. The third-order valence-corrected chi connectivity index (χ3v) is 2.99. The fourth-order valence-electron chi connectivity index (χ4n) is 2.10. The first-order valence-corrected chi connectivity index (χ1v) is 5.22. The summed E-state index contributed by atoms with van der Waals surface area (Å²) in [5.74, 6) is 1.62. The van der Waals surface area contributed by atoms with E-state index < -0.39 is 0 Å². The number of fused-ring (bicyclic) bond motifs is 1. The number of methoxy groups -OCH3 is 1. The van der Waals surface area contributed by atoms with Gasteiger partial charge in [0.2, 0.25) is 0 Å². The van der Waals surface area contributed by atoms with Crippen LogP contribution >= 0.6 is 0 Å². The maximum absolute atomic E-state index is 5.25. The molecule has 0 aromatic heterocycles. The third kappa shape index (κ3) is 1.62. The molecular formula is C12H17NO. The van der Waals surface area contributed by atoms with Crippen LogP contribution in [0.2, 0.25) is 0 Å². The Hall–Kier alpha value is -1.02. The molecule has 14 heavy (non-hydrogen) atoms. The molecule has 1 N–H and O–H groups in total. The summed E-state index contributed by atoms with van der Waals surface area (Å²) in [4.78, 5) is 0. The van der Waals surface area contributed by atoms with Gasteiger partial charge in [-0.1, -0.05) is 13.0 Å². The van der Waals surface area contributed by atoms with Crippen LogP contribution in [0.4, 0.5) is 0 Å². The molecule has 0 unspecified atom stereocenters. The van der Waals surface area contributed by atoms with E-state index in [1.165, 1.54) is 17.5 Å². The fraction of sp³-hybridized carbons (Fsp3) is 0.500. The number of hydrogen-bond acceptors (Lipinski definition) is 2. The predicted molar refractivity (Wildman–Crippen MR) is 57.7 cm³/mol. The molecule has 0 spiro atoms. The van der Waals surface area contributed by atoms with Gasteiger partial charge in [0.1, 0.15) is 5.75 Å². The smallest absolute Gasteiger partial charge is 0.119 e. The molecule has 2 rings (SSSR count). The lowest BCUT2D eigenvalue weighted by Gasteiger charge is -2.25. The third-order valence-electron chi connectivity index (χ3n) is 2.99. The molecule has 0 saturated carbocycles. The molecule has 0 aliphatic carbocycles. The van der Waals surface area contributed by atoms with Gasteiger partial charge < -0.3 is 10.1 Å². The zero-order chi connectivity index (χ0) is 9.97. The lowest BCUT2D eigenvalue weighted by atomic mass is 9.89. The van der Waals surface area contributed by atoms with Crippen molar-refractivity contribution in [1.29, 1.82) is 0 Å². The number of hydrogen-bond donors (Lipinski definition) is 1. The summed E-state index contributed by atoms with van der Waals surface area (Å²) < 4.78 is 5.25. The van der Waals surface area contributed by atoms with Crippen molar-refractivity contribution in [2.75, 3.05) is 13.7 Å². The second kappa shape index (κ2) is 4.01. The van der Waals surface area contributed by atoms with Crippen LogP contribution in [-0.2, 0) is 6.54 Å². The van der Waals surface area contributed by atoms with Crippen LogP contribution in [0.3, 0.4) is 0 Å². The molecule has 2 nitrogen and oxygen atoms in total. The molecule has 0 bridgehead atoms.